The maximum atomic E-state index is 5.41. The Balaban J connectivity index is 1.87. The zero-order valence-corrected chi connectivity index (χ0v) is 9.11. The van der Waals surface area contributed by atoms with Crippen LogP contribution in [0.2, 0.25) is 0 Å². The fourth-order valence-electron chi connectivity index (χ4n) is 2.77. The first-order chi connectivity index (χ1) is 7.45. The van der Waals surface area contributed by atoms with Crippen LogP contribution in [0.4, 0.5) is 0 Å². The molecule has 2 aliphatic rings. The van der Waals surface area contributed by atoms with Crippen molar-refractivity contribution in [1.82, 2.24) is 9.55 Å². The van der Waals surface area contributed by atoms with E-state index in [4.69, 9.17) is 4.74 Å². The largest absolute Gasteiger partial charge is 0.381 e. The van der Waals surface area contributed by atoms with Crippen LogP contribution >= 0.6 is 0 Å². The highest BCUT2D eigenvalue weighted by Gasteiger charge is 2.21. The maximum Gasteiger partial charge on any atom is 0.0954 e. The third kappa shape index (κ3) is 1.69. The monoisotopic (exact) mass is 206 g/mol. The van der Waals surface area contributed by atoms with Gasteiger partial charge in [0.2, 0.25) is 0 Å². The Labute approximate surface area is 90.5 Å². The number of ether oxygens (including phenoxy) is 1. The topological polar surface area (TPSA) is 27.1 Å². The molecule has 82 valence electrons. The molecular weight excluding hydrogens is 188 g/mol. The quantitative estimate of drug-likeness (QED) is 0.703. The predicted octanol–water partition coefficient (Wildman–Crippen LogP) is 2.11. The smallest absolute Gasteiger partial charge is 0.0954 e. The molecule has 0 spiro atoms. The molecule has 3 nitrogen and oxygen atoms in total. The Morgan fingerprint density at radius 2 is 2.00 bits per heavy atom. The van der Waals surface area contributed by atoms with E-state index in [1.807, 2.05) is 0 Å². The second-order valence-electron chi connectivity index (χ2n) is 4.60. The molecule has 0 amide bonds. The molecule has 15 heavy (non-hydrogen) atoms. The number of rotatable bonds is 1. The Kier molecular flexibility index (Phi) is 2.49. The third-order valence-corrected chi connectivity index (χ3v) is 3.64. The van der Waals surface area contributed by atoms with Crippen LogP contribution < -0.4 is 0 Å². The van der Waals surface area contributed by atoms with Gasteiger partial charge in [0.1, 0.15) is 0 Å². The van der Waals surface area contributed by atoms with Crippen LogP contribution in [0.5, 0.6) is 0 Å². The first kappa shape index (κ1) is 9.40. The van der Waals surface area contributed by atoms with E-state index >= 15 is 0 Å². The van der Waals surface area contributed by atoms with Crippen molar-refractivity contribution in [2.45, 2.75) is 44.6 Å². The fourth-order valence-corrected chi connectivity index (χ4v) is 2.77. The number of fused-ring (bicyclic) bond motifs is 1. The van der Waals surface area contributed by atoms with Crippen molar-refractivity contribution in [2.24, 2.45) is 0 Å². The Hall–Kier alpha value is -0.830. The molecule has 0 saturated carbocycles. The lowest BCUT2D eigenvalue weighted by molar-refractivity contribution is 0.0688. The molecule has 0 bridgehead atoms. The van der Waals surface area contributed by atoms with Gasteiger partial charge in [0.25, 0.3) is 0 Å². The Bertz CT molecular complexity index is 339. The molecule has 1 saturated heterocycles. The second-order valence-corrected chi connectivity index (χ2v) is 4.60. The maximum absolute atomic E-state index is 5.41. The molecule has 3 heteroatoms. The van der Waals surface area contributed by atoms with Gasteiger partial charge in [-0.2, -0.15) is 0 Å². The van der Waals surface area contributed by atoms with E-state index in [2.05, 4.69) is 15.9 Å². The molecule has 2 heterocycles. The van der Waals surface area contributed by atoms with Gasteiger partial charge in [-0.3, -0.25) is 0 Å². The molecule has 1 aliphatic heterocycles. The highest BCUT2D eigenvalue weighted by atomic mass is 16.5. The zero-order valence-electron chi connectivity index (χ0n) is 9.11. The molecule has 0 radical (unpaired) electrons. The minimum absolute atomic E-state index is 0.646. The van der Waals surface area contributed by atoms with E-state index in [9.17, 15) is 0 Å². The fraction of sp³-hybridized carbons (Fsp3) is 0.750. The number of imidazole rings is 1. The average Bonchev–Trinajstić information content (AvgIpc) is 2.74. The van der Waals surface area contributed by atoms with Crippen molar-refractivity contribution >= 4 is 0 Å². The lowest BCUT2D eigenvalue weighted by atomic mass is 10.00. The van der Waals surface area contributed by atoms with Crippen molar-refractivity contribution in [3.05, 3.63) is 17.7 Å². The summed E-state index contributed by atoms with van der Waals surface area (Å²) >= 11 is 0. The van der Waals surface area contributed by atoms with E-state index < -0.39 is 0 Å². The minimum atomic E-state index is 0.646. The van der Waals surface area contributed by atoms with Crippen LogP contribution in [0.3, 0.4) is 0 Å². The molecule has 1 aromatic rings. The number of hydrogen-bond donors (Lipinski definition) is 0. The van der Waals surface area contributed by atoms with E-state index in [1.165, 1.54) is 37.1 Å². The van der Waals surface area contributed by atoms with E-state index in [0.717, 1.165) is 26.1 Å². The van der Waals surface area contributed by atoms with Gasteiger partial charge in [0.15, 0.2) is 0 Å². The molecule has 1 fully saturated rings. The van der Waals surface area contributed by atoms with Crippen LogP contribution in [0.25, 0.3) is 0 Å². The van der Waals surface area contributed by atoms with Gasteiger partial charge in [-0.05, 0) is 38.5 Å². The molecular formula is C12H18N2O. The van der Waals surface area contributed by atoms with Crippen molar-refractivity contribution in [2.75, 3.05) is 13.2 Å². The number of aryl methyl sites for hydroxylation is 1. The summed E-state index contributed by atoms with van der Waals surface area (Å²) in [5, 5.41) is 0. The lowest BCUT2D eigenvalue weighted by Crippen LogP contribution is -2.21. The summed E-state index contributed by atoms with van der Waals surface area (Å²) in [6, 6.07) is 0.646. The average molecular weight is 206 g/mol. The Morgan fingerprint density at radius 1 is 1.20 bits per heavy atom. The van der Waals surface area contributed by atoms with E-state index in [1.54, 1.807) is 0 Å². The number of hydrogen-bond acceptors (Lipinski definition) is 2. The first-order valence-corrected chi connectivity index (χ1v) is 6.07. The number of nitrogens with zero attached hydrogens (tertiary/aromatic N) is 2. The van der Waals surface area contributed by atoms with Gasteiger partial charge >= 0.3 is 0 Å². The van der Waals surface area contributed by atoms with Crippen LogP contribution in [-0.2, 0) is 17.6 Å². The molecule has 0 unspecified atom stereocenters. The summed E-state index contributed by atoms with van der Waals surface area (Å²) in [4.78, 5) is 4.55. The van der Waals surface area contributed by atoms with Crippen LogP contribution in [0.1, 0.15) is 43.1 Å². The SMILES string of the molecule is c1nc2c(n1C1CCOCC1)CCCC2. The summed E-state index contributed by atoms with van der Waals surface area (Å²) < 4.78 is 7.84. The van der Waals surface area contributed by atoms with E-state index in [-0.39, 0.29) is 0 Å². The molecule has 3 rings (SSSR count). The van der Waals surface area contributed by atoms with Gasteiger partial charge in [-0.25, -0.2) is 4.98 Å². The van der Waals surface area contributed by atoms with Crippen molar-refractivity contribution in [3.8, 4) is 0 Å². The molecule has 1 aromatic heterocycles. The van der Waals surface area contributed by atoms with Crippen molar-refractivity contribution < 1.29 is 4.74 Å². The van der Waals surface area contributed by atoms with Crippen LogP contribution in [0.15, 0.2) is 6.33 Å². The molecule has 1 aliphatic carbocycles. The van der Waals surface area contributed by atoms with Gasteiger partial charge in [0.05, 0.1) is 12.0 Å². The van der Waals surface area contributed by atoms with Crippen LogP contribution in [-0.4, -0.2) is 22.8 Å². The summed E-state index contributed by atoms with van der Waals surface area (Å²) in [5.41, 5.74) is 2.86. The summed E-state index contributed by atoms with van der Waals surface area (Å²) in [5.74, 6) is 0. The molecule has 0 atom stereocenters. The van der Waals surface area contributed by atoms with Gasteiger partial charge in [-0.15, -0.1) is 0 Å². The van der Waals surface area contributed by atoms with Gasteiger partial charge in [0, 0.05) is 24.9 Å². The molecule has 0 aromatic carbocycles. The van der Waals surface area contributed by atoms with Gasteiger partial charge < -0.3 is 9.30 Å². The second kappa shape index (κ2) is 3.97. The van der Waals surface area contributed by atoms with Gasteiger partial charge in [-0.1, -0.05) is 0 Å². The number of aromatic nitrogens is 2. The summed E-state index contributed by atoms with van der Waals surface area (Å²) in [6.07, 6.45) is 9.44. The standard InChI is InChI=1S/C12H18N2O/c1-2-4-12-11(3-1)13-9-14(12)10-5-7-15-8-6-10/h9-10H,1-8H2. The summed E-state index contributed by atoms with van der Waals surface area (Å²) in [7, 11) is 0. The minimum Gasteiger partial charge on any atom is -0.381 e. The first-order valence-electron chi connectivity index (χ1n) is 6.07. The van der Waals surface area contributed by atoms with Crippen LogP contribution in [0, 0.1) is 0 Å². The highest BCUT2D eigenvalue weighted by Crippen LogP contribution is 2.27. The third-order valence-electron chi connectivity index (χ3n) is 3.64. The van der Waals surface area contributed by atoms with Crippen molar-refractivity contribution in [1.29, 1.82) is 0 Å². The normalized spacial score (nSPS) is 22.7. The lowest BCUT2D eigenvalue weighted by Gasteiger charge is -2.26. The molecule has 0 N–H and O–H groups in total. The zero-order chi connectivity index (χ0) is 10.1. The van der Waals surface area contributed by atoms with Crippen molar-refractivity contribution in [3.63, 3.8) is 0 Å². The van der Waals surface area contributed by atoms with E-state index in [0.29, 0.717) is 6.04 Å². The highest BCUT2D eigenvalue weighted by molar-refractivity contribution is 5.17. The summed E-state index contributed by atoms with van der Waals surface area (Å²) in [6.45, 7) is 1.83. The Morgan fingerprint density at radius 3 is 2.87 bits per heavy atom. The predicted molar refractivity (Wildman–Crippen MR) is 58.0 cm³/mol.